The molecule has 5 nitrogen and oxygen atoms in total. The third kappa shape index (κ3) is 3.22. The minimum absolute atomic E-state index is 0.00787. The standard InChI is InChI=1S/C12H14O5/c1-3-4-17-11-6-8(13)5-9(14)12(11)10(15)7-16-2/h3,5-6,13-14H,1,4,7H2,2H3. The molecule has 1 rings (SSSR count). The number of hydrogen-bond donors (Lipinski definition) is 2. The van der Waals surface area contributed by atoms with Gasteiger partial charge < -0.3 is 19.7 Å². The van der Waals surface area contributed by atoms with Gasteiger partial charge in [0.05, 0.1) is 0 Å². The van der Waals surface area contributed by atoms with Crippen LogP contribution in [0.4, 0.5) is 0 Å². The Balaban J connectivity index is 3.14. The molecule has 0 aliphatic carbocycles. The predicted molar refractivity (Wildman–Crippen MR) is 61.7 cm³/mol. The van der Waals surface area contributed by atoms with Gasteiger partial charge in [0.15, 0.2) is 5.78 Å². The summed E-state index contributed by atoms with van der Waals surface area (Å²) in [4.78, 5) is 11.7. The maximum absolute atomic E-state index is 11.7. The number of aromatic hydroxyl groups is 2. The zero-order chi connectivity index (χ0) is 12.8. The molecule has 5 heteroatoms. The number of methoxy groups -OCH3 is 1. The van der Waals surface area contributed by atoms with Gasteiger partial charge in [-0.2, -0.15) is 0 Å². The van der Waals surface area contributed by atoms with Crippen LogP contribution in [0.3, 0.4) is 0 Å². The molecule has 92 valence electrons. The topological polar surface area (TPSA) is 76.0 Å². The van der Waals surface area contributed by atoms with Gasteiger partial charge in [-0.3, -0.25) is 4.79 Å². The van der Waals surface area contributed by atoms with E-state index < -0.39 is 5.78 Å². The first-order chi connectivity index (χ1) is 8.10. The summed E-state index contributed by atoms with van der Waals surface area (Å²) in [5.74, 6) is -0.852. The zero-order valence-corrected chi connectivity index (χ0v) is 9.47. The minimum Gasteiger partial charge on any atom is -0.508 e. The molecular weight excluding hydrogens is 224 g/mol. The summed E-state index contributed by atoms with van der Waals surface area (Å²) in [6.45, 7) is 3.46. The quantitative estimate of drug-likeness (QED) is 0.580. The highest BCUT2D eigenvalue weighted by molar-refractivity contribution is 6.02. The van der Waals surface area contributed by atoms with Crippen LogP contribution in [-0.4, -0.2) is 36.3 Å². The van der Waals surface area contributed by atoms with Crippen molar-refractivity contribution in [2.75, 3.05) is 20.3 Å². The fraction of sp³-hybridized carbons (Fsp3) is 0.250. The van der Waals surface area contributed by atoms with Crippen LogP contribution in [0.25, 0.3) is 0 Å². The number of rotatable bonds is 6. The second-order valence-corrected chi connectivity index (χ2v) is 3.29. The van der Waals surface area contributed by atoms with Gasteiger partial charge in [-0.15, -0.1) is 0 Å². The van der Waals surface area contributed by atoms with Crippen molar-refractivity contribution in [1.29, 1.82) is 0 Å². The van der Waals surface area contributed by atoms with E-state index in [4.69, 9.17) is 9.47 Å². The number of hydrogen-bond acceptors (Lipinski definition) is 5. The van der Waals surface area contributed by atoms with E-state index in [0.29, 0.717) is 0 Å². The molecule has 0 atom stereocenters. The first-order valence-corrected chi connectivity index (χ1v) is 4.92. The largest absolute Gasteiger partial charge is 0.508 e. The Kier molecular flexibility index (Phi) is 4.54. The van der Waals surface area contributed by atoms with Gasteiger partial charge in [-0.25, -0.2) is 0 Å². The van der Waals surface area contributed by atoms with Crippen LogP contribution in [0.1, 0.15) is 10.4 Å². The lowest BCUT2D eigenvalue weighted by molar-refractivity contribution is 0.0841. The lowest BCUT2D eigenvalue weighted by Gasteiger charge is -2.11. The molecule has 0 saturated carbocycles. The molecule has 17 heavy (non-hydrogen) atoms. The summed E-state index contributed by atoms with van der Waals surface area (Å²) in [7, 11) is 1.37. The smallest absolute Gasteiger partial charge is 0.195 e. The number of ether oxygens (including phenoxy) is 2. The monoisotopic (exact) mass is 238 g/mol. The summed E-state index contributed by atoms with van der Waals surface area (Å²) in [5, 5.41) is 18.9. The van der Waals surface area contributed by atoms with E-state index in [-0.39, 0.29) is 36.0 Å². The Morgan fingerprint density at radius 2 is 2.18 bits per heavy atom. The van der Waals surface area contributed by atoms with Gasteiger partial charge in [0.1, 0.15) is 36.0 Å². The molecule has 0 heterocycles. The molecule has 2 N–H and O–H groups in total. The summed E-state index contributed by atoms with van der Waals surface area (Å²) >= 11 is 0. The van der Waals surface area contributed by atoms with Crippen molar-refractivity contribution in [3.8, 4) is 17.2 Å². The van der Waals surface area contributed by atoms with E-state index in [2.05, 4.69) is 6.58 Å². The molecule has 0 amide bonds. The average Bonchev–Trinajstić information content (AvgIpc) is 2.25. The number of benzene rings is 1. The van der Waals surface area contributed by atoms with E-state index in [0.717, 1.165) is 6.07 Å². The van der Waals surface area contributed by atoms with Crippen LogP contribution in [-0.2, 0) is 4.74 Å². The highest BCUT2D eigenvalue weighted by Crippen LogP contribution is 2.33. The van der Waals surface area contributed by atoms with Crippen molar-refractivity contribution < 1.29 is 24.5 Å². The van der Waals surface area contributed by atoms with Gasteiger partial charge in [-0.05, 0) is 0 Å². The minimum atomic E-state index is -0.427. The van der Waals surface area contributed by atoms with Gasteiger partial charge in [0.25, 0.3) is 0 Å². The van der Waals surface area contributed by atoms with E-state index in [1.54, 1.807) is 0 Å². The normalized spacial score (nSPS) is 9.94. The Morgan fingerprint density at radius 3 is 2.76 bits per heavy atom. The van der Waals surface area contributed by atoms with Crippen LogP contribution >= 0.6 is 0 Å². The summed E-state index contributed by atoms with van der Waals surface area (Å²) in [6.07, 6.45) is 1.49. The second kappa shape index (κ2) is 5.91. The number of Topliss-reactive ketones (excluding diaryl/α,β-unsaturated/α-hetero) is 1. The number of ketones is 1. The number of phenols is 2. The molecule has 0 bridgehead atoms. The van der Waals surface area contributed by atoms with E-state index >= 15 is 0 Å². The molecule has 0 fully saturated rings. The van der Waals surface area contributed by atoms with Crippen molar-refractivity contribution in [1.82, 2.24) is 0 Å². The lowest BCUT2D eigenvalue weighted by Crippen LogP contribution is -2.10. The van der Waals surface area contributed by atoms with Gasteiger partial charge in [-0.1, -0.05) is 12.7 Å². The van der Waals surface area contributed by atoms with Gasteiger partial charge in [0, 0.05) is 19.2 Å². The first-order valence-electron chi connectivity index (χ1n) is 4.92. The SMILES string of the molecule is C=CCOc1cc(O)cc(O)c1C(=O)COC. The van der Waals surface area contributed by atoms with Crippen LogP contribution in [0.2, 0.25) is 0 Å². The summed E-state index contributed by atoms with van der Waals surface area (Å²) in [6, 6.07) is 2.33. The van der Waals surface area contributed by atoms with Crippen LogP contribution < -0.4 is 4.74 Å². The maximum atomic E-state index is 11.7. The van der Waals surface area contributed by atoms with E-state index in [1.807, 2.05) is 0 Å². The fourth-order valence-electron chi connectivity index (χ4n) is 1.33. The van der Waals surface area contributed by atoms with Crippen molar-refractivity contribution in [2.24, 2.45) is 0 Å². The average molecular weight is 238 g/mol. The van der Waals surface area contributed by atoms with Gasteiger partial charge >= 0.3 is 0 Å². The van der Waals surface area contributed by atoms with E-state index in [1.165, 1.54) is 19.3 Å². The van der Waals surface area contributed by atoms with Crippen LogP contribution in [0.5, 0.6) is 17.2 Å². The van der Waals surface area contributed by atoms with Crippen LogP contribution in [0.15, 0.2) is 24.8 Å². The molecule has 0 radical (unpaired) electrons. The Bertz CT molecular complexity index is 425. The maximum Gasteiger partial charge on any atom is 0.195 e. The van der Waals surface area contributed by atoms with Crippen molar-refractivity contribution >= 4 is 5.78 Å². The van der Waals surface area contributed by atoms with Crippen molar-refractivity contribution in [3.63, 3.8) is 0 Å². The molecule has 0 aliphatic heterocycles. The summed E-state index contributed by atoms with van der Waals surface area (Å²) < 4.78 is 9.90. The van der Waals surface area contributed by atoms with E-state index in [9.17, 15) is 15.0 Å². The molecule has 0 aromatic heterocycles. The molecule has 0 unspecified atom stereocenters. The third-order valence-corrected chi connectivity index (χ3v) is 1.98. The Labute approximate surface area is 98.9 Å². The van der Waals surface area contributed by atoms with Gasteiger partial charge in [0.2, 0.25) is 0 Å². The predicted octanol–water partition coefficient (Wildman–Crippen LogP) is 1.49. The highest BCUT2D eigenvalue weighted by atomic mass is 16.5. The Hall–Kier alpha value is -2.01. The molecule has 0 aliphatic rings. The van der Waals surface area contributed by atoms with Crippen molar-refractivity contribution in [3.05, 3.63) is 30.4 Å². The highest BCUT2D eigenvalue weighted by Gasteiger charge is 2.18. The number of phenolic OH excluding ortho intramolecular Hbond substituents is 2. The van der Waals surface area contributed by atoms with Crippen molar-refractivity contribution in [2.45, 2.75) is 0 Å². The summed E-state index contributed by atoms with van der Waals surface area (Å²) in [5.41, 5.74) is -0.00787. The van der Waals surface area contributed by atoms with Crippen LogP contribution in [0, 0.1) is 0 Å². The number of carbonyl (C=O) groups is 1. The molecule has 1 aromatic carbocycles. The third-order valence-electron chi connectivity index (χ3n) is 1.98. The molecule has 0 saturated heterocycles. The molecular formula is C12H14O5. The number of carbonyl (C=O) groups excluding carboxylic acids is 1. The molecule has 1 aromatic rings. The lowest BCUT2D eigenvalue weighted by atomic mass is 10.1. The second-order valence-electron chi connectivity index (χ2n) is 3.29. The fourth-order valence-corrected chi connectivity index (χ4v) is 1.33. The first kappa shape index (κ1) is 13.1. The zero-order valence-electron chi connectivity index (χ0n) is 9.47. The Morgan fingerprint density at radius 1 is 1.47 bits per heavy atom. The molecule has 0 spiro atoms.